The van der Waals surface area contributed by atoms with Gasteiger partial charge in [-0.3, -0.25) is 4.79 Å². The lowest BCUT2D eigenvalue weighted by Gasteiger charge is -2.10. The highest BCUT2D eigenvalue weighted by molar-refractivity contribution is 5.78. The van der Waals surface area contributed by atoms with Gasteiger partial charge in [0.2, 0.25) is 0 Å². The second-order valence-electron chi connectivity index (χ2n) is 3.16. The van der Waals surface area contributed by atoms with Crippen LogP contribution >= 0.6 is 0 Å². The van der Waals surface area contributed by atoms with Crippen molar-refractivity contribution in [1.29, 1.82) is 0 Å². The normalized spacial score (nSPS) is 12.4. The van der Waals surface area contributed by atoms with Crippen LogP contribution in [0.15, 0.2) is 4.63 Å². The summed E-state index contributed by atoms with van der Waals surface area (Å²) in [7, 11) is 0. The Morgan fingerprint density at radius 3 is 2.73 bits per heavy atom. The first-order chi connectivity index (χ1) is 7.20. The smallest absolute Gasteiger partial charge is 0.315 e. The zero-order valence-electron chi connectivity index (χ0n) is 8.90. The molecule has 1 unspecified atom stereocenters. The number of nitrogens with zero attached hydrogens (tertiary/aromatic N) is 2. The highest BCUT2D eigenvalue weighted by Gasteiger charge is 2.26. The van der Waals surface area contributed by atoms with Gasteiger partial charge < -0.3 is 10.5 Å². The number of hydrogen-bond donors (Lipinski definition) is 1. The van der Waals surface area contributed by atoms with Gasteiger partial charge in [-0.25, -0.2) is 4.63 Å². The van der Waals surface area contributed by atoms with Crippen LogP contribution in [0.3, 0.4) is 0 Å². The molecule has 0 radical (unpaired) electrons. The maximum atomic E-state index is 11.6. The molecule has 15 heavy (non-hydrogen) atoms. The van der Waals surface area contributed by atoms with Gasteiger partial charge >= 0.3 is 5.97 Å². The molecule has 0 aliphatic carbocycles. The van der Waals surface area contributed by atoms with Crippen LogP contribution in [-0.2, 0) is 9.53 Å². The number of ether oxygens (including phenoxy) is 1. The van der Waals surface area contributed by atoms with Crippen molar-refractivity contribution in [2.45, 2.75) is 32.6 Å². The quantitative estimate of drug-likeness (QED) is 0.736. The predicted molar refractivity (Wildman–Crippen MR) is 53.0 cm³/mol. The molecule has 0 aliphatic rings. The Kier molecular flexibility index (Phi) is 4.08. The van der Waals surface area contributed by atoms with Crippen LogP contribution in [0.5, 0.6) is 0 Å². The van der Waals surface area contributed by atoms with Gasteiger partial charge in [0.25, 0.3) is 0 Å². The topological polar surface area (TPSA) is 91.2 Å². The third-order valence-corrected chi connectivity index (χ3v) is 2.01. The molecule has 1 rings (SSSR count). The van der Waals surface area contributed by atoms with Crippen molar-refractivity contribution in [2.75, 3.05) is 12.3 Å². The summed E-state index contributed by atoms with van der Waals surface area (Å²) in [4.78, 5) is 11.6. The van der Waals surface area contributed by atoms with Crippen molar-refractivity contribution in [3.63, 3.8) is 0 Å². The molecular formula is C9H15N3O3. The Balaban J connectivity index is 2.71. The largest absolute Gasteiger partial charge is 0.465 e. The summed E-state index contributed by atoms with van der Waals surface area (Å²) < 4.78 is 9.47. The van der Waals surface area contributed by atoms with Gasteiger partial charge in [0.15, 0.2) is 5.82 Å². The van der Waals surface area contributed by atoms with Gasteiger partial charge in [-0.2, -0.15) is 0 Å². The zero-order valence-corrected chi connectivity index (χ0v) is 8.90. The summed E-state index contributed by atoms with van der Waals surface area (Å²) in [6.07, 6.45) is 1.34. The van der Waals surface area contributed by atoms with Gasteiger partial charge in [0.05, 0.1) is 6.61 Å². The first-order valence-electron chi connectivity index (χ1n) is 4.95. The minimum absolute atomic E-state index is 0.148. The number of esters is 1. The highest BCUT2D eigenvalue weighted by Crippen LogP contribution is 2.23. The molecule has 0 spiro atoms. The first kappa shape index (κ1) is 11.5. The molecule has 0 aliphatic heterocycles. The lowest BCUT2D eigenvalue weighted by atomic mass is 10.0. The van der Waals surface area contributed by atoms with Crippen molar-refractivity contribution in [1.82, 2.24) is 10.3 Å². The monoisotopic (exact) mass is 213 g/mol. The predicted octanol–water partition coefficient (Wildman–Crippen LogP) is 1.10. The Bertz CT molecular complexity index is 324. The Labute approximate surface area is 87.7 Å². The minimum atomic E-state index is -0.484. The Hall–Kier alpha value is -1.59. The van der Waals surface area contributed by atoms with Crippen LogP contribution in [0.1, 0.15) is 38.3 Å². The second kappa shape index (κ2) is 5.33. The van der Waals surface area contributed by atoms with E-state index in [9.17, 15) is 4.79 Å². The van der Waals surface area contributed by atoms with E-state index in [-0.39, 0.29) is 11.8 Å². The summed E-state index contributed by atoms with van der Waals surface area (Å²) in [5.74, 6) is -0.667. The van der Waals surface area contributed by atoms with Gasteiger partial charge in [-0.1, -0.05) is 19.0 Å². The average Bonchev–Trinajstić information content (AvgIpc) is 2.63. The summed E-state index contributed by atoms with van der Waals surface area (Å²) in [6, 6.07) is 0. The third-order valence-electron chi connectivity index (χ3n) is 2.01. The van der Waals surface area contributed by atoms with Crippen LogP contribution in [0, 0.1) is 0 Å². The van der Waals surface area contributed by atoms with E-state index in [1.807, 2.05) is 13.8 Å². The van der Waals surface area contributed by atoms with E-state index in [0.717, 1.165) is 6.42 Å². The molecule has 1 atom stereocenters. The van der Waals surface area contributed by atoms with Crippen LogP contribution in [0.2, 0.25) is 0 Å². The number of anilines is 1. The van der Waals surface area contributed by atoms with Crippen molar-refractivity contribution >= 4 is 11.8 Å². The van der Waals surface area contributed by atoms with Gasteiger partial charge in [-0.05, 0) is 18.0 Å². The molecule has 1 aromatic rings. The summed E-state index contributed by atoms with van der Waals surface area (Å²) in [5, 5.41) is 7.04. The molecule has 1 heterocycles. The van der Waals surface area contributed by atoms with Crippen LogP contribution in [0.25, 0.3) is 0 Å². The number of carbonyl (C=O) groups is 1. The van der Waals surface area contributed by atoms with Crippen LogP contribution in [-0.4, -0.2) is 22.9 Å². The van der Waals surface area contributed by atoms with Gasteiger partial charge in [-0.15, -0.1) is 0 Å². The molecule has 0 amide bonds. The number of rotatable bonds is 5. The zero-order chi connectivity index (χ0) is 11.3. The van der Waals surface area contributed by atoms with Crippen molar-refractivity contribution in [3.8, 4) is 0 Å². The Morgan fingerprint density at radius 1 is 1.53 bits per heavy atom. The molecule has 6 heteroatoms. The fraction of sp³-hybridized carbons (Fsp3) is 0.667. The van der Waals surface area contributed by atoms with Crippen molar-refractivity contribution < 1.29 is 14.2 Å². The molecule has 1 aromatic heterocycles. The number of hydrogen-bond acceptors (Lipinski definition) is 6. The Morgan fingerprint density at radius 2 is 2.27 bits per heavy atom. The SMILES string of the molecule is CCCOC(=O)C(CC)c1nonc1N. The number of carbonyl (C=O) groups excluding carboxylic acids is 1. The number of aromatic nitrogens is 2. The van der Waals surface area contributed by atoms with E-state index < -0.39 is 5.92 Å². The van der Waals surface area contributed by atoms with Crippen molar-refractivity contribution in [2.24, 2.45) is 0 Å². The molecule has 6 nitrogen and oxygen atoms in total. The van der Waals surface area contributed by atoms with E-state index in [1.54, 1.807) is 0 Å². The summed E-state index contributed by atoms with van der Waals surface area (Å²) >= 11 is 0. The van der Waals surface area contributed by atoms with Gasteiger partial charge in [0, 0.05) is 0 Å². The maximum absolute atomic E-state index is 11.6. The maximum Gasteiger partial charge on any atom is 0.315 e. The summed E-state index contributed by atoms with van der Waals surface area (Å²) in [5.41, 5.74) is 5.87. The first-order valence-corrected chi connectivity index (χ1v) is 4.95. The minimum Gasteiger partial charge on any atom is -0.465 e. The lowest BCUT2D eigenvalue weighted by Crippen LogP contribution is -2.17. The van der Waals surface area contributed by atoms with E-state index in [1.165, 1.54) is 0 Å². The second-order valence-corrected chi connectivity index (χ2v) is 3.16. The molecule has 0 fully saturated rings. The molecule has 0 saturated heterocycles. The van der Waals surface area contributed by atoms with Crippen molar-refractivity contribution in [3.05, 3.63) is 5.69 Å². The van der Waals surface area contributed by atoms with E-state index in [4.69, 9.17) is 10.5 Å². The molecule has 84 valence electrons. The van der Waals surface area contributed by atoms with E-state index >= 15 is 0 Å². The third kappa shape index (κ3) is 2.68. The molecular weight excluding hydrogens is 198 g/mol. The fourth-order valence-electron chi connectivity index (χ4n) is 1.22. The molecule has 2 N–H and O–H groups in total. The number of nitrogens with two attached hydrogens (primary N) is 1. The van der Waals surface area contributed by atoms with E-state index in [2.05, 4.69) is 14.9 Å². The fourth-order valence-corrected chi connectivity index (χ4v) is 1.22. The molecule has 0 bridgehead atoms. The average molecular weight is 213 g/mol. The lowest BCUT2D eigenvalue weighted by molar-refractivity contribution is -0.145. The summed E-state index contributed by atoms with van der Waals surface area (Å²) in [6.45, 7) is 4.19. The van der Waals surface area contributed by atoms with Crippen LogP contribution in [0.4, 0.5) is 5.82 Å². The standard InChI is InChI=1S/C9H15N3O3/c1-3-5-14-9(13)6(4-2)7-8(10)12-15-11-7/h6H,3-5H2,1-2H3,(H2,10,12). The molecule has 0 aromatic carbocycles. The van der Waals surface area contributed by atoms with E-state index in [0.29, 0.717) is 18.7 Å². The van der Waals surface area contributed by atoms with Crippen LogP contribution < -0.4 is 5.73 Å². The van der Waals surface area contributed by atoms with Gasteiger partial charge in [0.1, 0.15) is 11.6 Å². The highest BCUT2D eigenvalue weighted by atomic mass is 16.6. The number of nitrogen functional groups attached to an aromatic ring is 1. The molecule has 0 saturated carbocycles.